The molecule has 0 atom stereocenters. The molecule has 96 valence electrons. The van der Waals surface area contributed by atoms with Gasteiger partial charge in [0.15, 0.2) is 0 Å². The number of aromatic amines is 1. The minimum Gasteiger partial charge on any atom is -0.477 e. The molecule has 0 bridgehead atoms. The summed E-state index contributed by atoms with van der Waals surface area (Å²) in [7, 11) is 1.63. The molecule has 0 aliphatic carbocycles. The average molecular weight is 255 g/mol. The van der Waals surface area contributed by atoms with Crippen molar-refractivity contribution in [3.05, 3.63) is 41.7 Å². The van der Waals surface area contributed by atoms with Gasteiger partial charge in [-0.2, -0.15) is 5.10 Å². The lowest BCUT2D eigenvalue weighted by molar-refractivity contribution is 0.0685. The van der Waals surface area contributed by atoms with Gasteiger partial charge in [-0.25, -0.2) is 4.79 Å². The molecule has 0 unspecified atom stereocenters. The Labute approximate surface area is 109 Å². The number of H-pyrrole nitrogens is 1. The number of nitrogens with one attached hydrogen (secondary N) is 1. The smallest absolute Gasteiger partial charge is 0.354 e. The molecule has 2 aromatic heterocycles. The lowest BCUT2D eigenvalue weighted by atomic mass is 10.1. The maximum atomic E-state index is 11.1. The number of para-hydroxylation sites is 1. The first-order valence-electron chi connectivity index (χ1n) is 5.92. The number of fused-ring (bicyclic) bond motifs is 1. The van der Waals surface area contributed by atoms with E-state index in [0.717, 1.165) is 22.0 Å². The van der Waals surface area contributed by atoms with E-state index in [9.17, 15) is 4.79 Å². The third-order valence-electron chi connectivity index (χ3n) is 3.30. The Morgan fingerprint density at radius 2 is 2.21 bits per heavy atom. The molecule has 3 aromatic rings. The second-order valence-corrected chi connectivity index (χ2v) is 4.54. The zero-order chi connectivity index (χ0) is 13.6. The van der Waals surface area contributed by atoms with Crippen molar-refractivity contribution in [2.75, 3.05) is 0 Å². The summed E-state index contributed by atoms with van der Waals surface area (Å²) in [5.41, 5.74) is 3.97. The maximum Gasteiger partial charge on any atom is 0.354 e. The predicted octanol–water partition coefficient (Wildman–Crippen LogP) is 2.58. The van der Waals surface area contributed by atoms with E-state index in [1.54, 1.807) is 13.1 Å². The van der Waals surface area contributed by atoms with Crippen LogP contribution < -0.4 is 0 Å². The molecule has 19 heavy (non-hydrogen) atoms. The van der Waals surface area contributed by atoms with E-state index in [2.05, 4.69) is 10.1 Å². The molecule has 0 aliphatic rings. The van der Waals surface area contributed by atoms with Crippen molar-refractivity contribution in [2.45, 2.75) is 6.92 Å². The summed E-state index contributed by atoms with van der Waals surface area (Å²) < 4.78 is 1.38. The molecule has 2 N–H and O–H groups in total. The van der Waals surface area contributed by atoms with Crippen molar-refractivity contribution in [3.63, 3.8) is 0 Å². The van der Waals surface area contributed by atoms with Crippen LogP contribution in [0, 0.1) is 6.92 Å². The Bertz CT molecular complexity index is 783. The van der Waals surface area contributed by atoms with Gasteiger partial charge in [-0.1, -0.05) is 18.2 Å². The highest BCUT2D eigenvalue weighted by atomic mass is 16.4. The van der Waals surface area contributed by atoms with Gasteiger partial charge < -0.3 is 10.1 Å². The van der Waals surface area contributed by atoms with Gasteiger partial charge in [0.25, 0.3) is 0 Å². The molecule has 0 spiro atoms. The number of rotatable bonds is 2. The molecule has 0 saturated carbocycles. The second-order valence-electron chi connectivity index (χ2n) is 4.54. The molecule has 3 rings (SSSR count). The van der Waals surface area contributed by atoms with Crippen molar-refractivity contribution >= 4 is 16.9 Å². The van der Waals surface area contributed by atoms with Gasteiger partial charge in [0.05, 0.1) is 5.69 Å². The van der Waals surface area contributed by atoms with Crippen molar-refractivity contribution in [3.8, 4) is 11.3 Å². The van der Waals surface area contributed by atoms with Crippen LogP contribution in [0.2, 0.25) is 0 Å². The number of carboxylic acids is 1. The Morgan fingerprint density at radius 1 is 1.42 bits per heavy atom. The number of benzene rings is 1. The molecule has 0 radical (unpaired) electrons. The minimum absolute atomic E-state index is 0.178. The maximum absolute atomic E-state index is 11.1. The van der Waals surface area contributed by atoms with Gasteiger partial charge in [0, 0.05) is 29.7 Å². The number of hydrogen-bond acceptors (Lipinski definition) is 2. The number of aromatic carboxylic acids is 1. The van der Waals surface area contributed by atoms with Gasteiger partial charge in [0.2, 0.25) is 0 Å². The van der Waals surface area contributed by atoms with E-state index in [1.807, 2.05) is 31.3 Å². The van der Waals surface area contributed by atoms with E-state index in [4.69, 9.17) is 5.11 Å². The number of hydrogen-bond donors (Lipinski definition) is 2. The molecular formula is C14H13N3O2. The topological polar surface area (TPSA) is 70.9 Å². The monoisotopic (exact) mass is 255 g/mol. The van der Waals surface area contributed by atoms with Crippen molar-refractivity contribution < 1.29 is 9.90 Å². The normalized spacial score (nSPS) is 11.1. The van der Waals surface area contributed by atoms with E-state index in [-0.39, 0.29) is 5.69 Å². The number of nitrogens with zero attached hydrogens (tertiary/aromatic N) is 2. The first-order chi connectivity index (χ1) is 9.08. The summed E-state index contributed by atoms with van der Waals surface area (Å²) in [6, 6.07) is 7.61. The van der Waals surface area contributed by atoms with Crippen LogP contribution in [0.15, 0.2) is 30.5 Å². The largest absolute Gasteiger partial charge is 0.477 e. The lowest BCUT2D eigenvalue weighted by Gasteiger charge is -1.96. The third kappa shape index (κ3) is 1.71. The van der Waals surface area contributed by atoms with Gasteiger partial charge in [0.1, 0.15) is 5.69 Å². The molecule has 0 amide bonds. The van der Waals surface area contributed by atoms with E-state index in [1.165, 1.54) is 4.68 Å². The van der Waals surface area contributed by atoms with Crippen molar-refractivity contribution in [1.29, 1.82) is 0 Å². The van der Waals surface area contributed by atoms with Crippen LogP contribution in [0.3, 0.4) is 0 Å². The van der Waals surface area contributed by atoms with E-state index < -0.39 is 5.97 Å². The van der Waals surface area contributed by atoms with Crippen LogP contribution in [0.4, 0.5) is 0 Å². The predicted molar refractivity (Wildman–Crippen MR) is 72.2 cm³/mol. The molecule has 0 fully saturated rings. The quantitative estimate of drug-likeness (QED) is 0.739. The first-order valence-corrected chi connectivity index (χ1v) is 5.92. The third-order valence-corrected chi connectivity index (χ3v) is 3.30. The Morgan fingerprint density at radius 3 is 2.89 bits per heavy atom. The molecule has 5 nitrogen and oxygen atoms in total. The summed E-state index contributed by atoms with van der Waals surface area (Å²) in [6.07, 6.45) is 1.87. The van der Waals surface area contributed by atoms with Gasteiger partial charge in [-0.05, 0) is 18.6 Å². The number of aromatic nitrogens is 3. The summed E-state index contributed by atoms with van der Waals surface area (Å²) in [5, 5.41) is 14.4. The Kier molecular flexibility index (Phi) is 2.41. The number of aryl methyl sites for hydroxylation is 2. The Hall–Kier alpha value is -2.56. The molecule has 0 aliphatic heterocycles. The number of carbonyl (C=O) groups is 1. The molecular weight excluding hydrogens is 242 g/mol. The minimum atomic E-state index is -0.975. The van der Waals surface area contributed by atoms with Crippen LogP contribution in [-0.2, 0) is 7.05 Å². The summed E-state index contributed by atoms with van der Waals surface area (Å²) in [5.74, 6) is -0.975. The second kappa shape index (κ2) is 3.98. The van der Waals surface area contributed by atoms with Gasteiger partial charge >= 0.3 is 5.97 Å². The average Bonchev–Trinajstić information content (AvgIpc) is 2.93. The van der Waals surface area contributed by atoms with Crippen LogP contribution in [-0.4, -0.2) is 25.8 Å². The van der Waals surface area contributed by atoms with Crippen LogP contribution >= 0.6 is 0 Å². The number of carboxylic acid groups (broad SMARTS) is 1. The fourth-order valence-electron chi connectivity index (χ4n) is 2.32. The summed E-state index contributed by atoms with van der Waals surface area (Å²) in [6.45, 7) is 2.03. The standard InChI is InChI=1S/C14H13N3O2/c1-8-4-3-5-9-10(7-15-13(8)9)11-6-12(14(18)19)17(2)16-11/h3-7,15H,1-2H3,(H,18,19). The van der Waals surface area contributed by atoms with Crippen LogP contribution in [0.25, 0.3) is 22.2 Å². The molecule has 5 heteroatoms. The van der Waals surface area contributed by atoms with Crippen molar-refractivity contribution in [1.82, 2.24) is 14.8 Å². The van der Waals surface area contributed by atoms with Crippen molar-refractivity contribution in [2.24, 2.45) is 7.05 Å². The molecule has 1 aromatic carbocycles. The SMILES string of the molecule is Cc1cccc2c(-c3cc(C(=O)O)n(C)n3)c[nH]c12. The van der Waals surface area contributed by atoms with Crippen LogP contribution in [0.1, 0.15) is 16.1 Å². The highest BCUT2D eigenvalue weighted by Gasteiger charge is 2.15. The van der Waals surface area contributed by atoms with Gasteiger partial charge in [-0.15, -0.1) is 0 Å². The van der Waals surface area contributed by atoms with E-state index in [0.29, 0.717) is 5.69 Å². The first kappa shape index (κ1) is 11.5. The molecule has 0 saturated heterocycles. The van der Waals surface area contributed by atoms with Crippen LogP contribution in [0.5, 0.6) is 0 Å². The highest BCUT2D eigenvalue weighted by Crippen LogP contribution is 2.29. The molecule has 2 heterocycles. The lowest BCUT2D eigenvalue weighted by Crippen LogP contribution is -2.04. The van der Waals surface area contributed by atoms with E-state index >= 15 is 0 Å². The van der Waals surface area contributed by atoms with Gasteiger partial charge in [-0.3, -0.25) is 4.68 Å². The summed E-state index contributed by atoms with van der Waals surface area (Å²) >= 11 is 0. The fraction of sp³-hybridized carbons (Fsp3) is 0.143. The summed E-state index contributed by atoms with van der Waals surface area (Å²) in [4.78, 5) is 14.3. The highest BCUT2D eigenvalue weighted by molar-refractivity contribution is 5.97. The zero-order valence-corrected chi connectivity index (χ0v) is 10.6. The fourth-order valence-corrected chi connectivity index (χ4v) is 2.32. The Balaban J connectivity index is 2.22. The zero-order valence-electron chi connectivity index (χ0n) is 10.6.